The lowest BCUT2D eigenvalue weighted by atomic mass is 10.1. The Bertz CT molecular complexity index is 494. The summed E-state index contributed by atoms with van der Waals surface area (Å²) < 4.78 is 11.0. The highest BCUT2D eigenvalue weighted by Crippen LogP contribution is 2.24. The molecule has 2 rings (SSSR count). The number of nitrogen functional groups attached to an aromatic ring is 1. The largest absolute Gasteiger partial charge is 0.497 e. The number of rotatable bonds is 4. The molecule has 0 radical (unpaired) electrons. The Balaban J connectivity index is 2.00. The van der Waals surface area contributed by atoms with Crippen LogP contribution in [-0.2, 0) is 12.8 Å². The van der Waals surface area contributed by atoms with E-state index in [1.165, 1.54) is 5.56 Å². The quantitative estimate of drug-likeness (QED) is 0.942. The number of methoxy groups -OCH3 is 1. The van der Waals surface area contributed by atoms with E-state index in [0.717, 1.165) is 28.8 Å². The van der Waals surface area contributed by atoms with Crippen LogP contribution in [0.4, 0.5) is 5.82 Å². The predicted octanol–water partition coefficient (Wildman–Crippen LogP) is 2.81. The van der Waals surface area contributed by atoms with E-state index in [9.17, 15) is 0 Å². The van der Waals surface area contributed by atoms with E-state index in [1.54, 1.807) is 7.11 Å². The Morgan fingerprint density at radius 3 is 2.53 bits per heavy atom. The highest BCUT2D eigenvalue weighted by Gasteiger charge is 2.10. The number of aromatic nitrogens is 1. The number of hydrogen-bond donors (Lipinski definition) is 1. The second-order valence-corrected chi connectivity index (χ2v) is 4.45. The molecular weight excluding hydrogens is 284 g/mol. The molecule has 0 atom stereocenters. The number of anilines is 1. The normalized spacial score (nSPS) is 10.5. The van der Waals surface area contributed by atoms with Crippen molar-refractivity contribution in [3.8, 4) is 5.75 Å². The lowest BCUT2D eigenvalue weighted by Crippen LogP contribution is -1.91. The molecule has 5 heteroatoms. The molecule has 0 saturated carbocycles. The third kappa shape index (κ3) is 2.79. The highest BCUT2D eigenvalue weighted by molar-refractivity contribution is 9.10. The molecule has 1 heterocycles. The Morgan fingerprint density at radius 2 is 2.00 bits per heavy atom. The summed E-state index contributed by atoms with van der Waals surface area (Å²) in [6.07, 6.45) is 1.63. The average Bonchev–Trinajstić information content (AvgIpc) is 2.68. The molecule has 0 bridgehead atoms. The fraction of sp³-hybridized carbons (Fsp3) is 0.250. The van der Waals surface area contributed by atoms with Gasteiger partial charge in [0.05, 0.1) is 7.11 Å². The van der Waals surface area contributed by atoms with E-state index < -0.39 is 0 Å². The number of hydrogen-bond acceptors (Lipinski definition) is 4. The van der Waals surface area contributed by atoms with E-state index in [0.29, 0.717) is 5.82 Å². The lowest BCUT2D eigenvalue weighted by Gasteiger charge is -2.02. The van der Waals surface area contributed by atoms with Crippen LogP contribution in [0.25, 0.3) is 0 Å². The van der Waals surface area contributed by atoms with Gasteiger partial charge in [0.1, 0.15) is 10.2 Å². The maximum atomic E-state index is 5.58. The van der Waals surface area contributed by atoms with Gasteiger partial charge in [-0.3, -0.25) is 0 Å². The number of ether oxygens (including phenoxy) is 1. The van der Waals surface area contributed by atoms with Crippen molar-refractivity contribution in [2.45, 2.75) is 12.8 Å². The van der Waals surface area contributed by atoms with Gasteiger partial charge in [-0.15, -0.1) is 0 Å². The number of aryl methyl sites for hydroxylation is 2. The van der Waals surface area contributed by atoms with Crippen molar-refractivity contribution < 1.29 is 9.26 Å². The number of halogens is 1. The first kappa shape index (κ1) is 12.0. The van der Waals surface area contributed by atoms with E-state index >= 15 is 0 Å². The SMILES string of the molecule is COc1ccc(CCc2onc(N)c2Br)cc1. The topological polar surface area (TPSA) is 61.3 Å². The van der Waals surface area contributed by atoms with Crippen LogP contribution in [0.5, 0.6) is 5.75 Å². The first-order valence-electron chi connectivity index (χ1n) is 5.23. The summed E-state index contributed by atoms with van der Waals surface area (Å²) in [5, 5.41) is 3.69. The Hall–Kier alpha value is -1.49. The monoisotopic (exact) mass is 296 g/mol. The molecule has 0 saturated heterocycles. The van der Waals surface area contributed by atoms with Crippen molar-refractivity contribution in [2.75, 3.05) is 12.8 Å². The number of nitrogens with zero attached hydrogens (tertiary/aromatic N) is 1. The number of benzene rings is 1. The van der Waals surface area contributed by atoms with Gasteiger partial charge in [0, 0.05) is 6.42 Å². The van der Waals surface area contributed by atoms with Gasteiger partial charge in [0.15, 0.2) is 11.6 Å². The molecule has 0 fully saturated rings. The fourth-order valence-electron chi connectivity index (χ4n) is 1.53. The molecule has 0 unspecified atom stereocenters. The summed E-state index contributed by atoms with van der Waals surface area (Å²) in [4.78, 5) is 0. The molecule has 0 aliphatic carbocycles. The Morgan fingerprint density at radius 1 is 1.29 bits per heavy atom. The summed E-state index contributed by atoms with van der Waals surface area (Å²) in [5.41, 5.74) is 6.79. The van der Waals surface area contributed by atoms with Gasteiger partial charge in [-0.05, 0) is 40.0 Å². The van der Waals surface area contributed by atoms with Crippen LogP contribution in [0.3, 0.4) is 0 Å². The summed E-state index contributed by atoms with van der Waals surface area (Å²) in [7, 11) is 1.66. The van der Waals surface area contributed by atoms with Gasteiger partial charge in [-0.25, -0.2) is 0 Å². The molecule has 0 amide bonds. The smallest absolute Gasteiger partial charge is 0.181 e. The van der Waals surface area contributed by atoms with Gasteiger partial charge in [-0.1, -0.05) is 17.3 Å². The van der Waals surface area contributed by atoms with Crippen LogP contribution in [0.1, 0.15) is 11.3 Å². The van der Waals surface area contributed by atoms with Gasteiger partial charge in [0.2, 0.25) is 0 Å². The van der Waals surface area contributed by atoms with Crippen LogP contribution in [0, 0.1) is 0 Å². The van der Waals surface area contributed by atoms with Gasteiger partial charge >= 0.3 is 0 Å². The molecule has 0 spiro atoms. The van der Waals surface area contributed by atoms with E-state index in [-0.39, 0.29) is 0 Å². The molecule has 2 aromatic rings. The minimum atomic E-state index is 0.398. The van der Waals surface area contributed by atoms with Crippen LogP contribution < -0.4 is 10.5 Å². The van der Waals surface area contributed by atoms with Crippen molar-refractivity contribution >= 4 is 21.7 Å². The van der Waals surface area contributed by atoms with Crippen molar-refractivity contribution in [3.05, 3.63) is 40.1 Å². The first-order valence-corrected chi connectivity index (χ1v) is 6.02. The van der Waals surface area contributed by atoms with Crippen LogP contribution >= 0.6 is 15.9 Å². The summed E-state index contributed by atoms with van der Waals surface area (Å²) >= 11 is 3.35. The summed E-state index contributed by atoms with van der Waals surface area (Å²) in [6, 6.07) is 7.96. The molecule has 4 nitrogen and oxygen atoms in total. The van der Waals surface area contributed by atoms with Crippen LogP contribution in [0.15, 0.2) is 33.3 Å². The van der Waals surface area contributed by atoms with Crippen LogP contribution in [0.2, 0.25) is 0 Å². The zero-order chi connectivity index (χ0) is 12.3. The van der Waals surface area contributed by atoms with Gasteiger partial charge in [-0.2, -0.15) is 0 Å². The average molecular weight is 297 g/mol. The Kier molecular flexibility index (Phi) is 3.68. The zero-order valence-electron chi connectivity index (χ0n) is 9.44. The van der Waals surface area contributed by atoms with Gasteiger partial charge < -0.3 is 15.0 Å². The molecule has 2 N–H and O–H groups in total. The van der Waals surface area contributed by atoms with E-state index in [1.807, 2.05) is 24.3 Å². The van der Waals surface area contributed by atoms with Crippen LogP contribution in [-0.4, -0.2) is 12.3 Å². The molecule has 1 aromatic heterocycles. The van der Waals surface area contributed by atoms with Crippen molar-refractivity contribution in [1.29, 1.82) is 0 Å². The van der Waals surface area contributed by atoms with Crippen molar-refractivity contribution in [1.82, 2.24) is 5.16 Å². The molecule has 17 heavy (non-hydrogen) atoms. The maximum absolute atomic E-state index is 5.58. The minimum absolute atomic E-state index is 0.398. The third-order valence-electron chi connectivity index (χ3n) is 2.52. The maximum Gasteiger partial charge on any atom is 0.181 e. The fourth-order valence-corrected chi connectivity index (χ4v) is 1.88. The molecule has 1 aromatic carbocycles. The van der Waals surface area contributed by atoms with Gasteiger partial charge in [0.25, 0.3) is 0 Å². The number of nitrogens with two attached hydrogens (primary N) is 1. The summed E-state index contributed by atoms with van der Waals surface area (Å²) in [6.45, 7) is 0. The lowest BCUT2D eigenvalue weighted by molar-refractivity contribution is 0.385. The highest BCUT2D eigenvalue weighted by atomic mass is 79.9. The molecule has 90 valence electrons. The molecule has 0 aliphatic heterocycles. The molecule has 0 aliphatic rings. The zero-order valence-corrected chi connectivity index (χ0v) is 11.0. The standard InChI is InChI=1S/C12H13BrN2O2/c1-16-9-5-2-8(3-6-9)4-7-10-11(13)12(14)15-17-10/h2-3,5-6H,4,7H2,1H3,(H2,14,15). The molecular formula is C12H13BrN2O2. The Labute approximate surface area is 108 Å². The second-order valence-electron chi connectivity index (χ2n) is 3.65. The second kappa shape index (κ2) is 5.23. The van der Waals surface area contributed by atoms with E-state index in [4.69, 9.17) is 15.0 Å². The van der Waals surface area contributed by atoms with E-state index in [2.05, 4.69) is 21.1 Å². The summed E-state index contributed by atoms with van der Waals surface area (Å²) in [5.74, 6) is 2.03. The van der Waals surface area contributed by atoms with Crippen molar-refractivity contribution in [2.24, 2.45) is 0 Å². The minimum Gasteiger partial charge on any atom is -0.497 e. The predicted molar refractivity (Wildman–Crippen MR) is 69.0 cm³/mol. The first-order chi connectivity index (χ1) is 8.20. The van der Waals surface area contributed by atoms with Crippen molar-refractivity contribution in [3.63, 3.8) is 0 Å². The third-order valence-corrected chi connectivity index (χ3v) is 3.37.